The van der Waals surface area contributed by atoms with Gasteiger partial charge in [0.15, 0.2) is 0 Å². The summed E-state index contributed by atoms with van der Waals surface area (Å²) in [5.74, 6) is 1.33. The third-order valence-corrected chi connectivity index (χ3v) is 2.19. The van der Waals surface area contributed by atoms with E-state index in [9.17, 15) is 4.79 Å². The van der Waals surface area contributed by atoms with Crippen molar-refractivity contribution >= 4 is 23.3 Å². The van der Waals surface area contributed by atoms with Crippen LogP contribution in [0.15, 0.2) is 6.07 Å². The molecule has 88 valence electrons. The Morgan fingerprint density at radius 3 is 2.88 bits per heavy atom. The predicted octanol–water partition coefficient (Wildman–Crippen LogP) is 1.24. The molecule has 0 aliphatic rings. The molecule has 0 radical (unpaired) electrons. The van der Waals surface area contributed by atoms with E-state index in [4.69, 9.17) is 11.6 Å². The molecule has 2 N–H and O–H groups in total. The first-order valence-electron chi connectivity index (χ1n) is 5.13. The SMILES string of the molecule is CCc1nc(Cl)cc(NCCC(=O)NC)n1. The molecular formula is C10H15ClN4O. The van der Waals surface area contributed by atoms with Gasteiger partial charge in [-0.3, -0.25) is 4.79 Å². The fraction of sp³-hybridized carbons (Fsp3) is 0.500. The Balaban J connectivity index is 2.53. The van der Waals surface area contributed by atoms with Crippen molar-refractivity contribution in [1.29, 1.82) is 0 Å². The van der Waals surface area contributed by atoms with Gasteiger partial charge in [0.05, 0.1) is 0 Å². The number of hydrogen-bond donors (Lipinski definition) is 2. The van der Waals surface area contributed by atoms with Gasteiger partial charge in [-0.15, -0.1) is 0 Å². The molecule has 1 aromatic heterocycles. The van der Waals surface area contributed by atoms with E-state index in [1.54, 1.807) is 13.1 Å². The molecule has 0 fully saturated rings. The van der Waals surface area contributed by atoms with Crippen LogP contribution in [-0.4, -0.2) is 29.5 Å². The minimum atomic E-state index is -0.0108. The Bertz CT molecular complexity index is 370. The number of rotatable bonds is 5. The van der Waals surface area contributed by atoms with Crippen LogP contribution < -0.4 is 10.6 Å². The molecule has 0 aliphatic heterocycles. The van der Waals surface area contributed by atoms with E-state index in [1.165, 1.54) is 0 Å². The minimum absolute atomic E-state index is 0.0108. The van der Waals surface area contributed by atoms with Gasteiger partial charge in [-0.05, 0) is 0 Å². The first kappa shape index (κ1) is 12.7. The molecule has 0 spiro atoms. The van der Waals surface area contributed by atoms with Crippen molar-refractivity contribution in [3.05, 3.63) is 17.0 Å². The van der Waals surface area contributed by atoms with Crippen LogP contribution in [0.25, 0.3) is 0 Å². The van der Waals surface area contributed by atoms with Crippen LogP contribution in [0.4, 0.5) is 5.82 Å². The second-order valence-electron chi connectivity index (χ2n) is 3.20. The highest BCUT2D eigenvalue weighted by Crippen LogP contribution is 2.11. The Kier molecular flexibility index (Phi) is 4.98. The number of nitrogens with one attached hydrogen (secondary N) is 2. The minimum Gasteiger partial charge on any atom is -0.369 e. The van der Waals surface area contributed by atoms with Gasteiger partial charge < -0.3 is 10.6 Å². The van der Waals surface area contributed by atoms with Gasteiger partial charge in [0.1, 0.15) is 16.8 Å². The topological polar surface area (TPSA) is 66.9 Å². The number of carbonyl (C=O) groups excluding carboxylic acids is 1. The maximum absolute atomic E-state index is 11.0. The molecule has 6 heteroatoms. The molecule has 5 nitrogen and oxygen atoms in total. The molecule has 0 bridgehead atoms. The standard InChI is InChI=1S/C10H15ClN4O/c1-3-8-14-7(11)6-9(15-8)13-5-4-10(16)12-2/h6H,3-5H2,1-2H3,(H,12,16)(H,13,14,15). The maximum Gasteiger partial charge on any atom is 0.221 e. The van der Waals surface area contributed by atoms with Crippen molar-refractivity contribution in [2.75, 3.05) is 18.9 Å². The summed E-state index contributed by atoms with van der Waals surface area (Å²) in [6.07, 6.45) is 1.13. The normalized spacial score (nSPS) is 9.94. The Morgan fingerprint density at radius 2 is 2.25 bits per heavy atom. The van der Waals surface area contributed by atoms with Crippen LogP contribution in [0.2, 0.25) is 5.15 Å². The molecule has 1 aromatic rings. The van der Waals surface area contributed by atoms with Crippen LogP contribution in [0.5, 0.6) is 0 Å². The van der Waals surface area contributed by atoms with E-state index >= 15 is 0 Å². The molecule has 16 heavy (non-hydrogen) atoms. The average Bonchev–Trinajstić information content (AvgIpc) is 2.28. The van der Waals surface area contributed by atoms with Gasteiger partial charge >= 0.3 is 0 Å². The van der Waals surface area contributed by atoms with Crippen molar-refractivity contribution in [2.45, 2.75) is 19.8 Å². The van der Waals surface area contributed by atoms with E-state index in [-0.39, 0.29) is 5.91 Å². The monoisotopic (exact) mass is 242 g/mol. The van der Waals surface area contributed by atoms with Gasteiger partial charge in [0, 0.05) is 32.5 Å². The van der Waals surface area contributed by atoms with Gasteiger partial charge in [0.25, 0.3) is 0 Å². The summed E-state index contributed by atoms with van der Waals surface area (Å²) in [6.45, 7) is 2.48. The van der Waals surface area contributed by atoms with Crippen LogP contribution in [0, 0.1) is 0 Å². The van der Waals surface area contributed by atoms with Gasteiger partial charge in [-0.1, -0.05) is 18.5 Å². The van der Waals surface area contributed by atoms with E-state index in [0.717, 1.165) is 6.42 Å². The third-order valence-electron chi connectivity index (χ3n) is 1.99. The average molecular weight is 243 g/mol. The van der Waals surface area contributed by atoms with E-state index in [2.05, 4.69) is 20.6 Å². The summed E-state index contributed by atoms with van der Waals surface area (Å²) in [5, 5.41) is 5.99. The molecule has 0 aromatic carbocycles. The highest BCUT2D eigenvalue weighted by molar-refractivity contribution is 6.29. The summed E-state index contributed by atoms with van der Waals surface area (Å²) in [5.41, 5.74) is 0. The summed E-state index contributed by atoms with van der Waals surface area (Å²) in [4.78, 5) is 19.3. The van der Waals surface area contributed by atoms with Crippen LogP contribution in [0.3, 0.4) is 0 Å². The first-order chi connectivity index (χ1) is 7.65. The zero-order valence-corrected chi connectivity index (χ0v) is 10.1. The third kappa shape index (κ3) is 4.02. The summed E-state index contributed by atoms with van der Waals surface area (Å²) >= 11 is 5.83. The number of aryl methyl sites for hydroxylation is 1. The first-order valence-corrected chi connectivity index (χ1v) is 5.51. The van der Waals surface area contributed by atoms with Crippen LogP contribution >= 0.6 is 11.6 Å². The van der Waals surface area contributed by atoms with Crippen molar-refractivity contribution in [3.63, 3.8) is 0 Å². The van der Waals surface area contributed by atoms with E-state index in [1.807, 2.05) is 6.92 Å². The van der Waals surface area contributed by atoms with E-state index < -0.39 is 0 Å². The lowest BCUT2D eigenvalue weighted by Crippen LogP contribution is -2.21. The van der Waals surface area contributed by atoms with Crippen molar-refractivity contribution < 1.29 is 4.79 Å². The highest BCUT2D eigenvalue weighted by Gasteiger charge is 2.02. The summed E-state index contributed by atoms with van der Waals surface area (Å²) in [6, 6.07) is 1.64. The Labute approximate surface area is 99.6 Å². The predicted molar refractivity (Wildman–Crippen MR) is 63.6 cm³/mol. The Morgan fingerprint density at radius 1 is 1.50 bits per heavy atom. The number of hydrogen-bond acceptors (Lipinski definition) is 4. The molecular weight excluding hydrogens is 228 g/mol. The second kappa shape index (κ2) is 6.27. The van der Waals surface area contributed by atoms with Gasteiger partial charge in [-0.25, -0.2) is 9.97 Å². The molecule has 1 heterocycles. The van der Waals surface area contributed by atoms with E-state index in [0.29, 0.717) is 29.8 Å². The fourth-order valence-corrected chi connectivity index (χ4v) is 1.34. The molecule has 0 atom stereocenters. The van der Waals surface area contributed by atoms with Crippen molar-refractivity contribution in [2.24, 2.45) is 0 Å². The number of carbonyl (C=O) groups is 1. The Hall–Kier alpha value is -1.36. The number of anilines is 1. The zero-order valence-electron chi connectivity index (χ0n) is 9.38. The van der Waals surface area contributed by atoms with Gasteiger partial charge in [0.2, 0.25) is 5.91 Å². The fourth-order valence-electron chi connectivity index (χ4n) is 1.14. The molecule has 0 saturated heterocycles. The number of halogens is 1. The summed E-state index contributed by atoms with van der Waals surface area (Å²) in [7, 11) is 1.61. The summed E-state index contributed by atoms with van der Waals surface area (Å²) < 4.78 is 0. The smallest absolute Gasteiger partial charge is 0.221 e. The zero-order chi connectivity index (χ0) is 12.0. The lowest BCUT2D eigenvalue weighted by molar-refractivity contribution is -0.120. The number of amides is 1. The molecule has 1 amide bonds. The quantitative estimate of drug-likeness (QED) is 0.763. The second-order valence-corrected chi connectivity index (χ2v) is 3.58. The lowest BCUT2D eigenvalue weighted by Gasteiger charge is -2.06. The highest BCUT2D eigenvalue weighted by atomic mass is 35.5. The van der Waals surface area contributed by atoms with Crippen LogP contribution in [-0.2, 0) is 11.2 Å². The van der Waals surface area contributed by atoms with Crippen molar-refractivity contribution in [1.82, 2.24) is 15.3 Å². The molecule has 0 unspecified atom stereocenters. The molecule has 0 aliphatic carbocycles. The number of aromatic nitrogens is 2. The molecule has 1 rings (SSSR count). The lowest BCUT2D eigenvalue weighted by atomic mass is 10.4. The maximum atomic E-state index is 11.0. The van der Waals surface area contributed by atoms with Crippen molar-refractivity contribution in [3.8, 4) is 0 Å². The number of nitrogens with zero attached hydrogens (tertiary/aromatic N) is 2. The largest absolute Gasteiger partial charge is 0.369 e. The molecule has 0 saturated carbocycles. The van der Waals surface area contributed by atoms with Gasteiger partial charge in [-0.2, -0.15) is 0 Å². The van der Waals surface area contributed by atoms with Crippen LogP contribution in [0.1, 0.15) is 19.2 Å².